The Morgan fingerprint density at radius 3 is 2.74 bits per heavy atom. The fraction of sp³-hybridized carbons (Fsp3) is 0.519. The number of hydrogen-bond donors (Lipinski definition) is 3. The first kappa shape index (κ1) is 25.5. The molecule has 0 aliphatic heterocycles. The first-order valence-electron chi connectivity index (χ1n) is 12.3. The van der Waals surface area contributed by atoms with Crippen molar-refractivity contribution in [2.75, 3.05) is 13.2 Å². The van der Waals surface area contributed by atoms with Gasteiger partial charge in [0.25, 0.3) is 5.91 Å². The first-order valence-corrected chi connectivity index (χ1v) is 13.1. The number of hydrogen-bond acceptors (Lipinski definition) is 4. The molecule has 35 heavy (non-hydrogen) atoms. The fourth-order valence-electron chi connectivity index (χ4n) is 5.94. The number of oxime groups is 1. The van der Waals surface area contributed by atoms with Gasteiger partial charge in [0.2, 0.25) is 0 Å². The van der Waals surface area contributed by atoms with Crippen LogP contribution >= 0.6 is 15.9 Å². The van der Waals surface area contributed by atoms with Gasteiger partial charge in [0.15, 0.2) is 0 Å². The second-order valence-electron chi connectivity index (χ2n) is 10.5. The molecule has 0 saturated heterocycles. The Kier molecular flexibility index (Phi) is 7.13. The number of aromatic amines is 1. The molecule has 2 aliphatic rings. The molecule has 0 radical (unpaired) electrons. The zero-order valence-corrected chi connectivity index (χ0v) is 22.4. The molecule has 3 atom stereocenters. The lowest BCUT2D eigenvalue weighted by Gasteiger charge is -2.53. The van der Waals surface area contributed by atoms with E-state index in [0.717, 1.165) is 34.2 Å². The second kappa shape index (κ2) is 9.80. The predicted molar refractivity (Wildman–Crippen MR) is 139 cm³/mol. The minimum Gasteiger partial charge on any atom is -0.481 e. The van der Waals surface area contributed by atoms with E-state index in [-0.39, 0.29) is 23.8 Å². The fourth-order valence-corrected chi connectivity index (χ4v) is 6.74. The molecule has 1 aromatic heterocycles. The van der Waals surface area contributed by atoms with Crippen molar-refractivity contribution in [3.63, 3.8) is 0 Å². The molecule has 1 saturated carbocycles. The van der Waals surface area contributed by atoms with E-state index in [1.807, 2.05) is 6.92 Å². The van der Waals surface area contributed by atoms with Gasteiger partial charge in [-0.05, 0) is 78.8 Å². The zero-order valence-electron chi connectivity index (χ0n) is 20.8. The summed E-state index contributed by atoms with van der Waals surface area (Å²) >= 11 is 3.77. The number of fused-ring (bicyclic) bond motifs is 3. The van der Waals surface area contributed by atoms with E-state index in [0.29, 0.717) is 31.0 Å². The zero-order chi connectivity index (χ0) is 25.4. The molecule has 8 heteroatoms. The van der Waals surface area contributed by atoms with Crippen LogP contribution in [0.25, 0.3) is 0 Å². The summed E-state index contributed by atoms with van der Waals surface area (Å²) in [5.41, 5.74) is 3.55. The number of rotatable bonds is 7. The summed E-state index contributed by atoms with van der Waals surface area (Å²) < 4.78 is 1.04. The molecule has 1 aromatic carbocycles. The molecule has 1 heterocycles. The molecule has 0 bridgehead atoms. The van der Waals surface area contributed by atoms with Crippen LogP contribution in [0.3, 0.4) is 0 Å². The third kappa shape index (κ3) is 4.65. The lowest BCUT2D eigenvalue weighted by Crippen LogP contribution is -2.53. The third-order valence-corrected chi connectivity index (χ3v) is 8.68. The van der Waals surface area contributed by atoms with Crippen LogP contribution < -0.4 is 5.32 Å². The molecule has 3 N–H and O–H groups in total. The van der Waals surface area contributed by atoms with Gasteiger partial charge in [-0.15, -0.1) is 0 Å². The van der Waals surface area contributed by atoms with E-state index in [4.69, 9.17) is 4.84 Å². The van der Waals surface area contributed by atoms with E-state index in [9.17, 15) is 14.7 Å². The molecule has 1 fully saturated rings. The summed E-state index contributed by atoms with van der Waals surface area (Å²) in [5, 5.41) is 17.5. The summed E-state index contributed by atoms with van der Waals surface area (Å²) in [6.07, 6.45) is 4.72. The minimum absolute atomic E-state index is 0.0968. The molecular formula is C27H34BrN3O4. The van der Waals surface area contributed by atoms with Crippen LogP contribution in [-0.2, 0) is 15.0 Å². The lowest BCUT2D eigenvalue weighted by molar-refractivity contribution is -0.156. The van der Waals surface area contributed by atoms with Gasteiger partial charge in [0.1, 0.15) is 12.3 Å². The molecule has 0 unspecified atom stereocenters. The van der Waals surface area contributed by atoms with Crippen LogP contribution in [0.15, 0.2) is 40.1 Å². The van der Waals surface area contributed by atoms with Gasteiger partial charge in [-0.2, -0.15) is 0 Å². The Bertz CT molecular complexity index is 1140. The number of carboxylic acids is 1. The van der Waals surface area contributed by atoms with Crippen molar-refractivity contribution >= 4 is 33.5 Å². The van der Waals surface area contributed by atoms with Crippen LogP contribution in [-0.4, -0.2) is 40.8 Å². The number of benzene rings is 1. The van der Waals surface area contributed by atoms with Crippen LogP contribution in [0.4, 0.5) is 0 Å². The highest BCUT2D eigenvalue weighted by molar-refractivity contribution is 9.10. The molecule has 7 nitrogen and oxygen atoms in total. The molecule has 4 rings (SSSR count). The van der Waals surface area contributed by atoms with E-state index < -0.39 is 11.4 Å². The quantitative estimate of drug-likeness (QED) is 0.312. The highest BCUT2D eigenvalue weighted by Gasteiger charge is 2.56. The van der Waals surface area contributed by atoms with Gasteiger partial charge in [-0.25, -0.2) is 0 Å². The number of carboxylic acid groups (broad SMARTS) is 1. The summed E-state index contributed by atoms with van der Waals surface area (Å²) in [6.45, 7) is 8.94. The third-order valence-electron chi connectivity index (χ3n) is 8.00. The summed E-state index contributed by atoms with van der Waals surface area (Å²) in [6, 6.07) is 7.84. The lowest BCUT2D eigenvalue weighted by atomic mass is 9.49. The number of nitrogens with zero attached hydrogens (tertiary/aromatic N) is 1. The van der Waals surface area contributed by atoms with Crippen LogP contribution in [0.2, 0.25) is 0 Å². The Balaban J connectivity index is 1.63. The Labute approximate surface area is 214 Å². The number of aliphatic carboxylic acids is 1. The predicted octanol–water partition coefficient (Wildman–Crippen LogP) is 5.60. The number of amides is 1. The van der Waals surface area contributed by atoms with E-state index in [2.05, 4.69) is 64.3 Å². The standard InChI is InChI=1S/C27H34BrN3O4/c1-16(2)17-13-18-19(14-20(17)28)26(3)8-6-9-27(4,25(33)34)23(26)15-22(18)31-35-12-11-30-24(32)21-7-5-10-29-21/h5,7,10,13-14,16,23,29H,6,8-9,11-12,15H2,1-4H3,(H,30,32)(H,33,34)/b31-22+/t23-,26-,27-/m1/s1. The van der Waals surface area contributed by atoms with Gasteiger partial charge in [-0.1, -0.05) is 48.3 Å². The van der Waals surface area contributed by atoms with Gasteiger partial charge in [0, 0.05) is 16.2 Å². The number of carbonyl (C=O) groups is 2. The molecule has 1 amide bonds. The molecule has 2 aromatic rings. The van der Waals surface area contributed by atoms with Crippen molar-refractivity contribution in [3.8, 4) is 0 Å². The highest BCUT2D eigenvalue weighted by atomic mass is 79.9. The average molecular weight is 544 g/mol. The van der Waals surface area contributed by atoms with Crippen LogP contribution in [0, 0.1) is 11.3 Å². The molecule has 0 spiro atoms. The van der Waals surface area contributed by atoms with Crippen molar-refractivity contribution < 1.29 is 19.5 Å². The number of carbonyl (C=O) groups excluding carboxylic acids is 1. The van der Waals surface area contributed by atoms with Crippen molar-refractivity contribution in [1.82, 2.24) is 10.3 Å². The minimum atomic E-state index is -0.835. The van der Waals surface area contributed by atoms with Gasteiger partial charge in [0.05, 0.1) is 17.7 Å². The Hall–Kier alpha value is -2.61. The number of nitrogens with one attached hydrogen (secondary N) is 2. The highest BCUT2D eigenvalue weighted by Crippen LogP contribution is 2.58. The monoisotopic (exact) mass is 543 g/mol. The van der Waals surface area contributed by atoms with Gasteiger partial charge >= 0.3 is 5.97 Å². The number of H-pyrrole nitrogens is 1. The van der Waals surface area contributed by atoms with Gasteiger partial charge in [-0.3, -0.25) is 9.59 Å². The maximum Gasteiger partial charge on any atom is 0.309 e. The van der Waals surface area contributed by atoms with Gasteiger partial charge < -0.3 is 20.2 Å². The largest absolute Gasteiger partial charge is 0.481 e. The number of aromatic nitrogens is 1. The number of halogens is 1. The SMILES string of the molecule is CC(C)c1cc2c(cc1Br)[C@@]1(C)CCC[C@@](C)(C(=O)O)[C@@H]1C/C2=N\OCCNC(=O)c1ccc[nH]1. The molecule has 2 aliphatic carbocycles. The maximum atomic E-state index is 12.4. The van der Waals surface area contributed by atoms with Crippen LogP contribution in [0.5, 0.6) is 0 Å². The van der Waals surface area contributed by atoms with Crippen LogP contribution in [0.1, 0.15) is 86.5 Å². The van der Waals surface area contributed by atoms with Crippen molar-refractivity contribution in [1.29, 1.82) is 0 Å². The Morgan fingerprint density at radius 2 is 2.09 bits per heavy atom. The van der Waals surface area contributed by atoms with E-state index in [1.54, 1.807) is 18.3 Å². The van der Waals surface area contributed by atoms with Crippen molar-refractivity contribution in [3.05, 3.63) is 57.3 Å². The topological polar surface area (TPSA) is 104 Å². The summed E-state index contributed by atoms with van der Waals surface area (Å²) in [7, 11) is 0. The van der Waals surface area contributed by atoms with Crippen molar-refractivity contribution in [2.45, 2.75) is 64.7 Å². The molecule has 188 valence electrons. The smallest absolute Gasteiger partial charge is 0.309 e. The van der Waals surface area contributed by atoms with E-state index in [1.165, 1.54) is 5.56 Å². The average Bonchev–Trinajstić information content (AvgIpc) is 3.34. The normalized spacial score (nSPS) is 26.8. The first-order chi connectivity index (χ1) is 16.6. The Morgan fingerprint density at radius 1 is 1.31 bits per heavy atom. The van der Waals surface area contributed by atoms with E-state index >= 15 is 0 Å². The summed E-state index contributed by atoms with van der Waals surface area (Å²) in [4.78, 5) is 33.1. The molecular weight excluding hydrogens is 510 g/mol. The second-order valence-corrected chi connectivity index (χ2v) is 11.4. The summed E-state index contributed by atoms with van der Waals surface area (Å²) in [5.74, 6) is -0.723. The van der Waals surface area contributed by atoms with Crippen molar-refractivity contribution in [2.24, 2.45) is 16.5 Å². The maximum absolute atomic E-state index is 12.4.